The van der Waals surface area contributed by atoms with E-state index in [1.807, 2.05) is 0 Å². The maximum Gasteiger partial charge on any atom is 0.303 e. The van der Waals surface area contributed by atoms with Gasteiger partial charge in [0, 0.05) is 0 Å². The van der Waals surface area contributed by atoms with E-state index in [2.05, 4.69) is 0 Å². The molecule has 0 aromatic heterocycles. The van der Waals surface area contributed by atoms with Crippen molar-refractivity contribution in [3.8, 4) is 0 Å². The summed E-state index contributed by atoms with van der Waals surface area (Å²) >= 11 is 0. The summed E-state index contributed by atoms with van der Waals surface area (Å²) in [5.41, 5.74) is -2.50. The van der Waals surface area contributed by atoms with Crippen LogP contribution in [0.5, 0.6) is 0 Å². The number of alkyl halides is 2. The largest absolute Gasteiger partial charge is 0.394 e. The van der Waals surface area contributed by atoms with Crippen LogP contribution in [0.15, 0.2) is 0 Å². The van der Waals surface area contributed by atoms with Gasteiger partial charge >= 0.3 is 5.92 Å². The maximum absolute atomic E-state index is 13.9. The van der Waals surface area contributed by atoms with Gasteiger partial charge < -0.3 is 30.3 Å². The fraction of sp³-hybridized carbons (Fsp3) is 1.00. The molecule has 0 aromatic carbocycles. The van der Waals surface area contributed by atoms with Gasteiger partial charge in [-0.1, -0.05) is 0 Å². The van der Waals surface area contributed by atoms with Crippen molar-refractivity contribution in [1.82, 2.24) is 0 Å². The Morgan fingerprint density at radius 3 is 1.94 bits per heavy atom. The molecule has 18 heavy (non-hydrogen) atoms. The number of rotatable bonds is 3. The van der Waals surface area contributed by atoms with Crippen LogP contribution in [0.3, 0.4) is 0 Å². The van der Waals surface area contributed by atoms with Crippen molar-refractivity contribution in [2.24, 2.45) is 0 Å². The van der Waals surface area contributed by atoms with Gasteiger partial charge in [-0.05, 0) is 13.8 Å². The lowest BCUT2D eigenvalue weighted by Gasteiger charge is -2.45. The van der Waals surface area contributed by atoms with Crippen LogP contribution < -0.4 is 0 Å². The summed E-state index contributed by atoms with van der Waals surface area (Å²) in [6.45, 7) is 0.853. The number of ether oxygens (including phenoxy) is 1. The van der Waals surface area contributed by atoms with Crippen LogP contribution in [0, 0.1) is 0 Å². The topological polar surface area (TPSA) is 110 Å². The van der Waals surface area contributed by atoms with Crippen molar-refractivity contribution in [3.63, 3.8) is 0 Å². The summed E-state index contributed by atoms with van der Waals surface area (Å²) < 4.78 is 32.4. The van der Waals surface area contributed by atoms with Crippen molar-refractivity contribution < 1.29 is 39.1 Å². The molecule has 1 rings (SSSR count). The molecular formula is C10H18F2O6. The second-order valence-electron chi connectivity index (χ2n) is 4.93. The van der Waals surface area contributed by atoms with Gasteiger partial charge in [-0.2, -0.15) is 0 Å². The van der Waals surface area contributed by atoms with Crippen LogP contribution in [0.25, 0.3) is 0 Å². The van der Waals surface area contributed by atoms with Gasteiger partial charge in [0.05, 0.1) is 6.61 Å². The Kier molecular flexibility index (Phi) is 4.31. The Bertz CT molecular complexity index is 291. The van der Waals surface area contributed by atoms with Crippen LogP contribution >= 0.6 is 0 Å². The number of aliphatic hydroxyl groups is 5. The molecule has 8 heteroatoms. The molecule has 108 valence electrons. The summed E-state index contributed by atoms with van der Waals surface area (Å²) in [5.74, 6) is -3.87. The molecule has 0 bridgehead atoms. The smallest absolute Gasteiger partial charge is 0.303 e. The van der Waals surface area contributed by atoms with Crippen molar-refractivity contribution >= 4 is 0 Å². The molecule has 5 N–H and O–H groups in total. The summed E-state index contributed by atoms with van der Waals surface area (Å²) in [6.07, 6.45) is -9.34. The number of hydrogen-bond donors (Lipinski definition) is 5. The lowest BCUT2D eigenvalue weighted by molar-refractivity contribution is -0.311. The van der Waals surface area contributed by atoms with E-state index in [-0.39, 0.29) is 0 Å². The zero-order valence-electron chi connectivity index (χ0n) is 9.99. The fourth-order valence-electron chi connectivity index (χ4n) is 1.75. The first-order valence-corrected chi connectivity index (χ1v) is 5.44. The molecule has 0 saturated carbocycles. The standard InChI is InChI=1S/C10H18F2O6/c1-9(2,17)10(11,12)8-7(16)6(15)5(14)4(3-13)18-8/h4-8,13-17H,3H2,1-2H3/t4-,5+,6?,7-,8-/m1/s1. The molecule has 1 unspecified atom stereocenters. The Balaban J connectivity index is 3.02. The molecule has 0 aliphatic carbocycles. The van der Waals surface area contributed by atoms with Gasteiger partial charge in [-0.15, -0.1) is 0 Å². The third kappa shape index (κ3) is 2.49. The molecule has 0 aromatic rings. The number of hydrogen-bond acceptors (Lipinski definition) is 6. The minimum atomic E-state index is -3.87. The molecule has 0 radical (unpaired) electrons. The normalized spacial score (nSPS) is 38.8. The summed E-state index contributed by atoms with van der Waals surface area (Å²) in [5, 5.41) is 46.6. The highest BCUT2D eigenvalue weighted by Crippen LogP contribution is 2.38. The first-order valence-electron chi connectivity index (χ1n) is 5.44. The molecule has 6 nitrogen and oxygen atoms in total. The fourth-order valence-corrected chi connectivity index (χ4v) is 1.75. The molecule has 0 spiro atoms. The van der Waals surface area contributed by atoms with Gasteiger partial charge in [-0.3, -0.25) is 0 Å². The Labute approximate surface area is 102 Å². The highest BCUT2D eigenvalue weighted by molar-refractivity contribution is 5.02. The van der Waals surface area contributed by atoms with Gasteiger partial charge in [0.1, 0.15) is 30.0 Å². The number of aliphatic hydroxyl groups excluding tert-OH is 4. The second kappa shape index (κ2) is 4.95. The quantitative estimate of drug-likeness (QED) is 0.416. The molecule has 0 amide bonds. The van der Waals surface area contributed by atoms with Crippen LogP contribution in [0.4, 0.5) is 8.78 Å². The van der Waals surface area contributed by atoms with Crippen molar-refractivity contribution in [1.29, 1.82) is 0 Å². The van der Waals surface area contributed by atoms with Gasteiger partial charge in [0.15, 0.2) is 6.10 Å². The van der Waals surface area contributed by atoms with Crippen LogP contribution in [-0.4, -0.2) is 74.2 Å². The van der Waals surface area contributed by atoms with E-state index in [1.54, 1.807) is 0 Å². The first-order chi connectivity index (χ1) is 8.04. The lowest BCUT2D eigenvalue weighted by atomic mass is 9.86. The Hall–Kier alpha value is -0.380. The third-order valence-electron chi connectivity index (χ3n) is 3.07. The second-order valence-corrected chi connectivity index (χ2v) is 4.93. The highest BCUT2D eigenvalue weighted by Gasteiger charge is 2.60. The molecular weight excluding hydrogens is 254 g/mol. The van der Waals surface area contributed by atoms with Gasteiger partial charge in [0.25, 0.3) is 0 Å². The zero-order valence-corrected chi connectivity index (χ0v) is 9.99. The van der Waals surface area contributed by atoms with Crippen molar-refractivity contribution in [2.75, 3.05) is 6.61 Å². The molecule has 5 atom stereocenters. The average molecular weight is 272 g/mol. The van der Waals surface area contributed by atoms with Crippen LogP contribution in [-0.2, 0) is 4.74 Å². The van der Waals surface area contributed by atoms with E-state index < -0.39 is 48.7 Å². The maximum atomic E-state index is 13.9. The molecule has 1 saturated heterocycles. The number of halogens is 2. The monoisotopic (exact) mass is 272 g/mol. The van der Waals surface area contributed by atoms with E-state index in [4.69, 9.17) is 9.84 Å². The van der Waals surface area contributed by atoms with Crippen LogP contribution in [0.1, 0.15) is 13.8 Å². The van der Waals surface area contributed by atoms with E-state index in [0.29, 0.717) is 0 Å². The summed E-state index contributed by atoms with van der Waals surface area (Å²) in [6, 6.07) is 0. The molecule has 1 fully saturated rings. The molecule has 1 aliphatic heterocycles. The highest BCUT2D eigenvalue weighted by atomic mass is 19.3. The minimum absolute atomic E-state index is 0.802. The lowest BCUT2D eigenvalue weighted by Crippen LogP contribution is -2.67. The van der Waals surface area contributed by atoms with Crippen LogP contribution in [0.2, 0.25) is 0 Å². The third-order valence-corrected chi connectivity index (χ3v) is 3.07. The van der Waals surface area contributed by atoms with Crippen molar-refractivity contribution in [2.45, 2.75) is 55.9 Å². The Morgan fingerprint density at radius 1 is 1.06 bits per heavy atom. The molecule has 1 aliphatic rings. The predicted octanol–water partition coefficient (Wildman–Crippen LogP) is -1.77. The average Bonchev–Trinajstić information content (AvgIpc) is 2.24. The van der Waals surface area contributed by atoms with E-state index in [9.17, 15) is 29.2 Å². The SMILES string of the molecule is CC(C)(O)C(F)(F)[C@@H]1O[C@H](CO)[C@H](O)C(O)[C@H]1O. The minimum Gasteiger partial charge on any atom is -0.394 e. The van der Waals surface area contributed by atoms with Gasteiger partial charge in [0.2, 0.25) is 0 Å². The molecule has 1 heterocycles. The van der Waals surface area contributed by atoms with Crippen molar-refractivity contribution in [3.05, 3.63) is 0 Å². The predicted molar refractivity (Wildman–Crippen MR) is 55.0 cm³/mol. The first kappa shape index (κ1) is 15.7. The van der Waals surface area contributed by atoms with E-state index in [1.165, 1.54) is 0 Å². The van der Waals surface area contributed by atoms with E-state index in [0.717, 1.165) is 13.8 Å². The summed E-state index contributed by atoms with van der Waals surface area (Å²) in [7, 11) is 0. The van der Waals surface area contributed by atoms with E-state index >= 15 is 0 Å². The van der Waals surface area contributed by atoms with Gasteiger partial charge in [-0.25, -0.2) is 8.78 Å². The zero-order chi connectivity index (χ0) is 14.3. The Morgan fingerprint density at radius 2 is 1.56 bits per heavy atom. The summed E-state index contributed by atoms with van der Waals surface area (Å²) in [4.78, 5) is 0.